The first-order valence-corrected chi connectivity index (χ1v) is 6.83. The fourth-order valence-electron chi connectivity index (χ4n) is 2.22. The zero-order valence-corrected chi connectivity index (χ0v) is 11.2. The summed E-state index contributed by atoms with van der Waals surface area (Å²) in [6.07, 6.45) is 3.75. The normalized spacial score (nSPS) is 17.4. The van der Waals surface area contributed by atoms with E-state index in [9.17, 15) is 0 Å². The van der Waals surface area contributed by atoms with Crippen LogP contribution in [-0.4, -0.2) is 24.0 Å². The van der Waals surface area contributed by atoms with Crippen molar-refractivity contribution in [1.82, 2.24) is 4.90 Å². The number of hydrogen-bond donors (Lipinski definition) is 1. The Morgan fingerprint density at radius 3 is 2.53 bits per heavy atom. The van der Waals surface area contributed by atoms with Gasteiger partial charge < -0.3 is 10.6 Å². The van der Waals surface area contributed by atoms with Gasteiger partial charge in [-0.15, -0.1) is 0 Å². The van der Waals surface area contributed by atoms with E-state index in [-0.39, 0.29) is 6.04 Å². The maximum atomic E-state index is 6.20. The standard InChI is InChI=1S/C14H21ClN2/c1-2-17(13-7-8-13)10-9-14(16)11-3-5-12(15)6-4-11/h3-6,13-14H,2,7-10,16H2,1H3. The predicted molar refractivity (Wildman–Crippen MR) is 73.3 cm³/mol. The van der Waals surface area contributed by atoms with E-state index in [1.54, 1.807) is 0 Å². The number of benzene rings is 1. The van der Waals surface area contributed by atoms with Gasteiger partial charge in [0.1, 0.15) is 0 Å². The van der Waals surface area contributed by atoms with Gasteiger partial charge in [-0.05, 0) is 43.5 Å². The Balaban J connectivity index is 1.83. The summed E-state index contributed by atoms with van der Waals surface area (Å²) >= 11 is 5.87. The molecular formula is C14H21ClN2. The lowest BCUT2D eigenvalue weighted by molar-refractivity contribution is 0.266. The third kappa shape index (κ3) is 3.70. The molecule has 0 saturated heterocycles. The minimum Gasteiger partial charge on any atom is -0.324 e. The Labute approximate surface area is 109 Å². The molecule has 1 atom stereocenters. The van der Waals surface area contributed by atoms with Crippen molar-refractivity contribution >= 4 is 11.6 Å². The average Bonchev–Trinajstić information content (AvgIpc) is 3.15. The Morgan fingerprint density at radius 1 is 1.35 bits per heavy atom. The second-order valence-electron chi connectivity index (χ2n) is 4.81. The summed E-state index contributed by atoms with van der Waals surface area (Å²) in [5, 5.41) is 0.772. The van der Waals surface area contributed by atoms with E-state index < -0.39 is 0 Å². The van der Waals surface area contributed by atoms with Crippen LogP contribution < -0.4 is 5.73 Å². The van der Waals surface area contributed by atoms with E-state index >= 15 is 0 Å². The molecular weight excluding hydrogens is 232 g/mol. The van der Waals surface area contributed by atoms with Crippen LogP contribution in [0.3, 0.4) is 0 Å². The lowest BCUT2D eigenvalue weighted by Crippen LogP contribution is -2.29. The molecule has 0 bridgehead atoms. The highest BCUT2D eigenvalue weighted by molar-refractivity contribution is 6.30. The lowest BCUT2D eigenvalue weighted by atomic mass is 10.0. The van der Waals surface area contributed by atoms with Crippen molar-refractivity contribution in [2.45, 2.75) is 38.3 Å². The van der Waals surface area contributed by atoms with Crippen LogP contribution >= 0.6 is 11.6 Å². The van der Waals surface area contributed by atoms with Gasteiger partial charge in [0.25, 0.3) is 0 Å². The van der Waals surface area contributed by atoms with Gasteiger partial charge in [-0.2, -0.15) is 0 Å². The first-order chi connectivity index (χ1) is 8.20. The van der Waals surface area contributed by atoms with Crippen molar-refractivity contribution < 1.29 is 0 Å². The van der Waals surface area contributed by atoms with Crippen LogP contribution in [-0.2, 0) is 0 Å². The van der Waals surface area contributed by atoms with Gasteiger partial charge in [-0.3, -0.25) is 0 Å². The van der Waals surface area contributed by atoms with Crippen LogP contribution in [0.15, 0.2) is 24.3 Å². The minimum absolute atomic E-state index is 0.125. The summed E-state index contributed by atoms with van der Waals surface area (Å²) in [4.78, 5) is 2.54. The molecule has 0 spiro atoms. The molecule has 0 radical (unpaired) electrons. The highest BCUT2D eigenvalue weighted by Crippen LogP contribution is 2.27. The van der Waals surface area contributed by atoms with Gasteiger partial charge in [-0.1, -0.05) is 30.7 Å². The Kier molecular flexibility index (Phi) is 4.43. The summed E-state index contributed by atoms with van der Waals surface area (Å²) in [5.74, 6) is 0. The summed E-state index contributed by atoms with van der Waals surface area (Å²) in [5.41, 5.74) is 7.38. The lowest BCUT2D eigenvalue weighted by Gasteiger charge is -2.22. The van der Waals surface area contributed by atoms with E-state index in [1.165, 1.54) is 18.4 Å². The van der Waals surface area contributed by atoms with Crippen molar-refractivity contribution in [1.29, 1.82) is 0 Å². The topological polar surface area (TPSA) is 29.3 Å². The molecule has 1 aliphatic rings. The zero-order valence-electron chi connectivity index (χ0n) is 10.4. The van der Waals surface area contributed by atoms with Gasteiger partial charge in [0, 0.05) is 23.7 Å². The molecule has 2 N–H and O–H groups in total. The Hall–Kier alpha value is -0.570. The number of rotatable bonds is 6. The highest BCUT2D eigenvalue weighted by Gasteiger charge is 2.27. The largest absolute Gasteiger partial charge is 0.324 e. The average molecular weight is 253 g/mol. The molecule has 0 aliphatic heterocycles. The summed E-state index contributed by atoms with van der Waals surface area (Å²) < 4.78 is 0. The molecule has 1 unspecified atom stereocenters. The number of nitrogens with two attached hydrogens (primary N) is 1. The Morgan fingerprint density at radius 2 is 2.00 bits per heavy atom. The maximum Gasteiger partial charge on any atom is 0.0406 e. The fraction of sp³-hybridized carbons (Fsp3) is 0.571. The molecule has 0 heterocycles. The van der Waals surface area contributed by atoms with Gasteiger partial charge in [0.15, 0.2) is 0 Å². The van der Waals surface area contributed by atoms with Crippen molar-refractivity contribution in [3.05, 3.63) is 34.9 Å². The second-order valence-corrected chi connectivity index (χ2v) is 5.24. The third-order valence-electron chi connectivity index (χ3n) is 3.49. The van der Waals surface area contributed by atoms with Crippen molar-refractivity contribution in [3.8, 4) is 0 Å². The summed E-state index contributed by atoms with van der Waals surface area (Å²) in [7, 11) is 0. The first-order valence-electron chi connectivity index (χ1n) is 6.45. The van der Waals surface area contributed by atoms with E-state index in [0.29, 0.717) is 0 Å². The molecule has 1 aliphatic carbocycles. The zero-order chi connectivity index (χ0) is 12.3. The molecule has 17 heavy (non-hydrogen) atoms. The van der Waals surface area contributed by atoms with E-state index in [0.717, 1.165) is 30.6 Å². The van der Waals surface area contributed by atoms with Crippen molar-refractivity contribution in [3.63, 3.8) is 0 Å². The number of hydrogen-bond acceptors (Lipinski definition) is 2. The van der Waals surface area contributed by atoms with Gasteiger partial charge in [-0.25, -0.2) is 0 Å². The summed E-state index contributed by atoms with van der Waals surface area (Å²) in [6, 6.07) is 8.84. The molecule has 3 heteroatoms. The van der Waals surface area contributed by atoms with Crippen LogP contribution in [0.1, 0.15) is 37.8 Å². The van der Waals surface area contributed by atoms with Crippen LogP contribution in [0, 0.1) is 0 Å². The number of nitrogens with zero attached hydrogens (tertiary/aromatic N) is 1. The Bertz CT molecular complexity index is 346. The molecule has 0 aromatic heterocycles. The van der Waals surface area contributed by atoms with Crippen LogP contribution in [0.5, 0.6) is 0 Å². The predicted octanol–water partition coefficient (Wildman–Crippen LogP) is 3.21. The van der Waals surface area contributed by atoms with Crippen LogP contribution in [0.4, 0.5) is 0 Å². The van der Waals surface area contributed by atoms with E-state index in [2.05, 4.69) is 11.8 Å². The molecule has 1 aromatic carbocycles. The molecule has 1 aromatic rings. The highest BCUT2D eigenvalue weighted by atomic mass is 35.5. The molecule has 0 amide bonds. The smallest absolute Gasteiger partial charge is 0.0406 e. The van der Waals surface area contributed by atoms with Crippen LogP contribution in [0.25, 0.3) is 0 Å². The van der Waals surface area contributed by atoms with E-state index in [4.69, 9.17) is 17.3 Å². The third-order valence-corrected chi connectivity index (χ3v) is 3.75. The maximum absolute atomic E-state index is 6.20. The number of halogens is 1. The molecule has 94 valence electrons. The first kappa shape index (κ1) is 12.9. The van der Waals surface area contributed by atoms with Crippen molar-refractivity contribution in [2.75, 3.05) is 13.1 Å². The second kappa shape index (κ2) is 5.85. The molecule has 2 nitrogen and oxygen atoms in total. The van der Waals surface area contributed by atoms with Crippen molar-refractivity contribution in [2.24, 2.45) is 5.73 Å². The molecule has 2 rings (SSSR count). The molecule has 1 fully saturated rings. The van der Waals surface area contributed by atoms with E-state index in [1.807, 2.05) is 24.3 Å². The minimum atomic E-state index is 0.125. The van der Waals surface area contributed by atoms with Gasteiger partial charge in [0.2, 0.25) is 0 Å². The van der Waals surface area contributed by atoms with Gasteiger partial charge in [0.05, 0.1) is 0 Å². The van der Waals surface area contributed by atoms with Gasteiger partial charge >= 0.3 is 0 Å². The quantitative estimate of drug-likeness (QED) is 0.843. The SMILES string of the molecule is CCN(CCC(N)c1ccc(Cl)cc1)C1CC1. The molecule has 1 saturated carbocycles. The van der Waals surface area contributed by atoms with Crippen LogP contribution in [0.2, 0.25) is 5.02 Å². The monoisotopic (exact) mass is 252 g/mol. The fourth-order valence-corrected chi connectivity index (χ4v) is 2.35. The summed E-state index contributed by atoms with van der Waals surface area (Å²) in [6.45, 7) is 4.47.